The van der Waals surface area contributed by atoms with E-state index in [9.17, 15) is 14.0 Å². The van der Waals surface area contributed by atoms with E-state index in [1.54, 1.807) is 30.3 Å². The van der Waals surface area contributed by atoms with Gasteiger partial charge in [-0.25, -0.2) is 8.88 Å². The van der Waals surface area contributed by atoms with Crippen LogP contribution in [0.4, 0.5) is 0 Å². The van der Waals surface area contributed by atoms with Crippen LogP contribution in [0.5, 0.6) is 0 Å². The number of rotatable bonds is 5. The molecule has 0 aliphatic rings. The lowest BCUT2D eigenvalue weighted by Crippen LogP contribution is -1.92. The van der Waals surface area contributed by atoms with E-state index in [4.69, 9.17) is 9.79 Å². The van der Waals surface area contributed by atoms with Gasteiger partial charge in [-0.2, -0.15) is 0 Å². The van der Waals surface area contributed by atoms with Crippen LogP contribution in [0.2, 0.25) is 0 Å². The fraction of sp³-hybridized carbons (Fsp3) is 0.111. The van der Waals surface area contributed by atoms with Crippen molar-refractivity contribution in [3.8, 4) is 0 Å². The van der Waals surface area contributed by atoms with Crippen molar-refractivity contribution in [3.63, 3.8) is 0 Å². The zero-order valence-corrected chi connectivity index (χ0v) is 10.6. The Bertz CT molecular complexity index is 489. The van der Waals surface area contributed by atoms with Gasteiger partial charge in [0, 0.05) is 0 Å². The Kier molecular flexibility index (Phi) is 4.44. The average molecular weight is 278 g/mol. The highest BCUT2D eigenvalue weighted by Crippen LogP contribution is 2.58. The largest absolute Gasteiger partial charge is 0.476 e. The molecule has 0 heterocycles. The van der Waals surface area contributed by atoms with Gasteiger partial charge in [-0.05, 0) is 11.1 Å². The van der Waals surface area contributed by atoms with Gasteiger partial charge in [0.25, 0.3) is 0 Å². The van der Waals surface area contributed by atoms with E-state index in [0.717, 1.165) is 5.56 Å². The molecule has 0 amide bonds. The highest BCUT2D eigenvalue weighted by molar-refractivity contribution is 7.63. The first-order valence-corrected chi connectivity index (χ1v) is 7.81. The Labute approximate surface area is 98.3 Å². The summed E-state index contributed by atoms with van der Waals surface area (Å²) in [5, 5.41) is 0. The molecular formula is C9H12O6P2. The maximum absolute atomic E-state index is 11.4. The lowest BCUT2D eigenvalue weighted by atomic mass is 10.1. The third-order valence-corrected chi connectivity index (χ3v) is 4.47. The lowest BCUT2D eigenvalue weighted by molar-refractivity contribution is 0.263. The predicted molar refractivity (Wildman–Crippen MR) is 63.2 cm³/mol. The molecule has 0 radical (unpaired) electrons. The highest BCUT2D eigenvalue weighted by atomic mass is 31.3. The molecule has 1 atom stereocenters. The summed E-state index contributed by atoms with van der Waals surface area (Å²) in [5.41, 5.74) is 1.27. The third-order valence-electron chi connectivity index (χ3n) is 1.83. The molecule has 94 valence electrons. The molecule has 0 spiro atoms. The van der Waals surface area contributed by atoms with E-state index in [0.29, 0.717) is 5.56 Å². The average Bonchev–Trinajstić information content (AvgIpc) is 2.14. The van der Waals surface area contributed by atoms with Crippen LogP contribution in [-0.2, 0) is 19.6 Å². The van der Waals surface area contributed by atoms with Gasteiger partial charge in [0.15, 0.2) is 0 Å². The smallest absolute Gasteiger partial charge is 0.324 e. The van der Waals surface area contributed by atoms with Crippen LogP contribution >= 0.6 is 15.4 Å². The number of benzene rings is 1. The minimum absolute atomic E-state index is 0.440. The van der Waals surface area contributed by atoms with E-state index in [1.165, 1.54) is 0 Å². The standard InChI is InChI=1S/C9H12O6P2/c1-2-8-3-5-9(6-4-8)7-16(10,11)15-17(12,13)14/h2-6H,1,7H2,(H,10,11)(H2,12,13,14). The van der Waals surface area contributed by atoms with Gasteiger partial charge < -0.3 is 14.7 Å². The highest BCUT2D eigenvalue weighted by Gasteiger charge is 2.30. The predicted octanol–water partition coefficient (Wildman–Crippen LogP) is 2.12. The second-order valence-electron chi connectivity index (χ2n) is 3.31. The van der Waals surface area contributed by atoms with E-state index in [2.05, 4.69) is 10.9 Å². The minimum atomic E-state index is -4.97. The molecule has 0 bridgehead atoms. The maximum Gasteiger partial charge on any atom is 0.476 e. The van der Waals surface area contributed by atoms with Crippen molar-refractivity contribution in [3.05, 3.63) is 42.0 Å². The molecule has 0 fully saturated rings. The molecule has 6 nitrogen and oxygen atoms in total. The Hall–Kier alpha value is -0.740. The van der Waals surface area contributed by atoms with Gasteiger partial charge in [-0.15, -0.1) is 0 Å². The van der Waals surface area contributed by atoms with Crippen molar-refractivity contribution in [1.82, 2.24) is 0 Å². The molecule has 0 aliphatic carbocycles. The fourth-order valence-corrected chi connectivity index (χ4v) is 3.42. The van der Waals surface area contributed by atoms with Crippen molar-refractivity contribution < 1.29 is 28.1 Å². The van der Waals surface area contributed by atoms with Crippen LogP contribution < -0.4 is 0 Å². The van der Waals surface area contributed by atoms with Gasteiger partial charge in [0.1, 0.15) is 0 Å². The third kappa shape index (κ3) is 5.41. The van der Waals surface area contributed by atoms with E-state index in [1.807, 2.05) is 0 Å². The molecule has 3 N–H and O–H groups in total. The van der Waals surface area contributed by atoms with Crippen LogP contribution in [-0.4, -0.2) is 14.7 Å². The number of hydrogen-bond acceptors (Lipinski definition) is 3. The van der Waals surface area contributed by atoms with E-state index >= 15 is 0 Å². The van der Waals surface area contributed by atoms with Crippen molar-refractivity contribution in [1.29, 1.82) is 0 Å². The molecule has 1 aromatic carbocycles. The first-order valence-electron chi connectivity index (χ1n) is 4.52. The summed E-state index contributed by atoms with van der Waals surface area (Å²) in [7, 11) is -9.32. The number of hydrogen-bond donors (Lipinski definition) is 3. The van der Waals surface area contributed by atoms with Crippen LogP contribution in [0.3, 0.4) is 0 Å². The fourth-order valence-electron chi connectivity index (χ4n) is 1.18. The van der Waals surface area contributed by atoms with Gasteiger partial charge >= 0.3 is 15.4 Å². The van der Waals surface area contributed by atoms with E-state index < -0.39 is 21.6 Å². The molecular weight excluding hydrogens is 266 g/mol. The first-order chi connectivity index (χ1) is 7.72. The Morgan fingerprint density at radius 1 is 1.18 bits per heavy atom. The summed E-state index contributed by atoms with van der Waals surface area (Å²) in [6, 6.07) is 6.45. The summed E-state index contributed by atoms with van der Waals surface area (Å²) in [4.78, 5) is 26.2. The molecule has 0 saturated carbocycles. The van der Waals surface area contributed by atoms with Crippen molar-refractivity contribution >= 4 is 21.5 Å². The zero-order valence-electron chi connectivity index (χ0n) is 8.76. The molecule has 0 aliphatic heterocycles. The van der Waals surface area contributed by atoms with Crippen LogP contribution in [0, 0.1) is 0 Å². The summed E-state index contributed by atoms with van der Waals surface area (Å²) in [6.45, 7) is 3.55. The molecule has 0 saturated heterocycles. The van der Waals surface area contributed by atoms with Gasteiger partial charge in [0.05, 0.1) is 6.16 Å². The Morgan fingerprint density at radius 3 is 2.12 bits per heavy atom. The maximum atomic E-state index is 11.4. The molecule has 1 rings (SSSR count). The Morgan fingerprint density at radius 2 is 1.71 bits per heavy atom. The SMILES string of the molecule is C=Cc1ccc(CP(=O)(O)OP(=O)(O)O)cc1. The second-order valence-corrected chi connectivity index (χ2v) is 6.54. The molecule has 0 aromatic heterocycles. The Balaban J connectivity index is 2.79. The normalized spacial score (nSPS) is 15.2. The minimum Gasteiger partial charge on any atom is -0.324 e. The molecule has 1 unspecified atom stereocenters. The summed E-state index contributed by atoms with van der Waals surface area (Å²) < 4.78 is 25.7. The summed E-state index contributed by atoms with van der Waals surface area (Å²) in [6.07, 6.45) is 1.14. The van der Waals surface area contributed by atoms with Crippen LogP contribution in [0.15, 0.2) is 30.8 Å². The first kappa shape index (κ1) is 14.3. The van der Waals surface area contributed by atoms with Gasteiger partial charge in [-0.1, -0.05) is 36.9 Å². The topological polar surface area (TPSA) is 104 Å². The number of phosphoric acid groups is 1. The van der Waals surface area contributed by atoms with E-state index in [-0.39, 0.29) is 0 Å². The summed E-state index contributed by atoms with van der Waals surface area (Å²) in [5.74, 6) is 0. The van der Waals surface area contributed by atoms with Crippen LogP contribution in [0.1, 0.15) is 11.1 Å². The lowest BCUT2D eigenvalue weighted by Gasteiger charge is -2.12. The van der Waals surface area contributed by atoms with Crippen molar-refractivity contribution in [2.45, 2.75) is 6.16 Å². The van der Waals surface area contributed by atoms with Crippen molar-refractivity contribution in [2.24, 2.45) is 0 Å². The van der Waals surface area contributed by atoms with Crippen LogP contribution in [0.25, 0.3) is 6.08 Å². The molecule has 17 heavy (non-hydrogen) atoms. The molecule has 8 heteroatoms. The van der Waals surface area contributed by atoms with Gasteiger partial charge in [-0.3, -0.25) is 4.57 Å². The zero-order chi connectivity index (χ0) is 13.1. The molecule has 1 aromatic rings. The summed E-state index contributed by atoms with van der Waals surface area (Å²) >= 11 is 0. The second kappa shape index (κ2) is 5.27. The van der Waals surface area contributed by atoms with Crippen molar-refractivity contribution in [2.75, 3.05) is 0 Å². The van der Waals surface area contributed by atoms with Gasteiger partial charge in [0.2, 0.25) is 0 Å². The monoisotopic (exact) mass is 278 g/mol. The quantitative estimate of drug-likeness (QED) is 0.713.